The molecule has 1 aromatic carbocycles. The minimum absolute atomic E-state index is 0.00102. The average molecular weight is 288 g/mol. The predicted octanol–water partition coefficient (Wildman–Crippen LogP) is 0.911. The van der Waals surface area contributed by atoms with E-state index in [4.69, 9.17) is 5.84 Å². The van der Waals surface area contributed by atoms with Gasteiger partial charge < -0.3 is 5.43 Å². The van der Waals surface area contributed by atoms with Crippen LogP contribution >= 0.6 is 0 Å². The first-order chi connectivity index (χ1) is 8.88. The van der Waals surface area contributed by atoms with Gasteiger partial charge in [0, 0.05) is 25.2 Å². The van der Waals surface area contributed by atoms with Crippen molar-refractivity contribution in [2.45, 2.75) is 18.7 Å². The number of nitrogens with one attached hydrogen (secondary N) is 1. The van der Waals surface area contributed by atoms with Crippen LogP contribution in [0.25, 0.3) is 0 Å². The zero-order valence-corrected chi connectivity index (χ0v) is 11.5. The molecule has 8 nitrogen and oxygen atoms in total. The first-order valence-corrected chi connectivity index (χ1v) is 7.07. The fourth-order valence-corrected chi connectivity index (χ4v) is 3.27. The van der Waals surface area contributed by atoms with E-state index in [1.54, 1.807) is 13.8 Å². The number of nitrogens with two attached hydrogens (primary N) is 1. The highest BCUT2D eigenvalue weighted by Gasteiger charge is 2.26. The lowest BCUT2D eigenvalue weighted by Gasteiger charge is -2.20. The number of sulfonamides is 1. The van der Waals surface area contributed by atoms with Crippen molar-refractivity contribution in [3.8, 4) is 0 Å². The van der Waals surface area contributed by atoms with Crippen molar-refractivity contribution in [2.75, 3.05) is 18.5 Å². The van der Waals surface area contributed by atoms with E-state index >= 15 is 0 Å². The second-order valence-corrected chi connectivity index (χ2v) is 5.58. The van der Waals surface area contributed by atoms with E-state index in [-0.39, 0.29) is 16.3 Å². The van der Waals surface area contributed by atoms with Crippen LogP contribution in [0.15, 0.2) is 23.1 Å². The quantitative estimate of drug-likeness (QED) is 0.456. The summed E-state index contributed by atoms with van der Waals surface area (Å²) in [4.78, 5) is 9.96. The second kappa shape index (κ2) is 5.95. The maximum atomic E-state index is 12.3. The number of nitro benzene ring substituents is 1. The number of nitrogen functional groups attached to an aromatic ring is 1. The molecule has 0 aromatic heterocycles. The molecule has 106 valence electrons. The SMILES string of the molecule is CCN(CC)S(=O)(=O)c1ccc([N+](=O)[O-])cc1NN. The fraction of sp³-hybridized carbons (Fsp3) is 0.400. The van der Waals surface area contributed by atoms with Crippen LogP contribution in [-0.2, 0) is 10.0 Å². The van der Waals surface area contributed by atoms with E-state index < -0.39 is 14.9 Å². The summed E-state index contributed by atoms with van der Waals surface area (Å²) in [5.41, 5.74) is 1.96. The van der Waals surface area contributed by atoms with E-state index in [9.17, 15) is 18.5 Å². The lowest BCUT2D eigenvalue weighted by Crippen LogP contribution is -2.31. The van der Waals surface area contributed by atoms with Crippen LogP contribution in [0.4, 0.5) is 11.4 Å². The Morgan fingerprint density at radius 1 is 1.37 bits per heavy atom. The van der Waals surface area contributed by atoms with E-state index in [0.717, 1.165) is 12.1 Å². The molecule has 0 saturated heterocycles. The number of benzene rings is 1. The summed E-state index contributed by atoms with van der Waals surface area (Å²) in [6, 6.07) is 3.41. The average Bonchev–Trinajstić information content (AvgIpc) is 2.38. The molecule has 0 amide bonds. The Morgan fingerprint density at radius 3 is 2.37 bits per heavy atom. The molecule has 0 aliphatic rings. The first-order valence-electron chi connectivity index (χ1n) is 5.63. The molecule has 0 heterocycles. The molecule has 0 spiro atoms. The highest BCUT2D eigenvalue weighted by molar-refractivity contribution is 7.89. The lowest BCUT2D eigenvalue weighted by atomic mass is 10.3. The first kappa shape index (κ1) is 15.3. The molecule has 0 saturated carbocycles. The molecule has 9 heteroatoms. The molecular formula is C10H16N4O4S. The third-order valence-electron chi connectivity index (χ3n) is 2.65. The standard InChI is InChI=1S/C10H16N4O4S/c1-3-13(4-2)19(17,18)10-6-5-8(14(15)16)7-9(10)12-11/h5-7,12H,3-4,11H2,1-2H3. The minimum Gasteiger partial charge on any atom is -0.323 e. The van der Waals surface area contributed by atoms with Crippen molar-refractivity contribution in [3.63, 3.8) is 0 Å². The molecule has 19 heavy (non-hydrogen) atoms. The number of rotatable bonds is 6. The Balaban J connectivity index is 3.39. The van der Waals surface area contributed by atoms with Crippen molar-refractivity contribution in [2.24, 2.45) is 5.84 Å². The lowest BCUT2D eigenvalue weighted by molar-refractivity contribution is -0.384. The number of nitro groups is 1. The van der Waals surface area contributed by atoms with Crippen LogP contribution < -0.4 is 11.3 Å². The summed E-state index contributed by atoms with van der Waals surface area (Å²) < 4.78 is 25.9. The zero-order valence-electron chi connectivity index (χ0n) is 10.7. The summed E-state index contributed by atoms with van der Waals surface area (Å²) in [7, 11) is -3.72. The molecule has 1 aromatic rings. The van der Waals surface area contributed by atoms with E-state index in [0.29, 0.717) is 13.1 Å². The van der Waals surface area contributed by atoms with Gasteiger partial charge in [-0.1, -0.05) is 13.8 Å². The van der Waals surface area contributed by atoms with Gasteiger partial charge in [-0.25, -0.2) is 8.42 Å². The van der Waals surface area contributed by atoms with Crippen LogP contribution in [0.5, 0.6) is 0 Å². The topological polar surface area (TPSA) is 119 Å². The van der Waals surface area contributed by atoms with Gasteiger partial charge in [-0.2, -0.15) is 4.31 Å². The molecule has 1 rings (SSSR count). The van der Waals surface area contributed by atoms with Crippen LogP contribution in [0, 0.1) is 10.1 Å². The third-order valence-corrected chi connectivity index (χ3v) is 4.76. The van der Waals surface area contributed by atoms with Crippen molar-refractivity contribution in [3.05, 3.63) is 28.3 Å². The van der Waals surface area contributed by atoms with Gasteiger partial charge in [-0.15, -0.1) is 0 Å². The summed E-state index contributed by atoms with van der Waals surface area (Å²) in [5, 5.41) is 10.7. The van der Waals surface area contributed by atoms with Gasteiger partial charge in [-0.05, 0) is 6.07 Å². The van der Waals surface area contributed by atoms with E-state index in [1.807, 2.05) is 0 Å². The summed E-state index contributed by atoms with van der Waals surface area (Å²) in [6.07, 6.45) is 0. The Labute approximate surface area is 111 Å². The number of nitrogens with zero attached hydrogens (tertiary/aromatic N) is 2. The van der Waals surface area contributed by atoms with Crippen LogP contribution in [0.3, 0.4) is 0 Å². The van der Waals surface area contributed by atoms with Crippen LogP contribution in [0.1, 0.15) is 13.8 Å². The Hall–Kier alpha value is -1.71. The zero-order chi connectivity index (χ0) is 14.6. The van der Waals surface area contributed by atoms with Gasteiger partial charge in [0.1, 0.15) is 4.90 Å². The molecule has 0 unspecified atom stereocenters. The summed E-state index contributed by atoms with van der Waals surface area (Å²) in [6.45, 7) is 4.03. The Kier molecular flexibility index (Phi) is 4.81. The largest absolute Gasteiger partial charge is 0.323 e. The number of hydrogen-bond donors (Lipinski definition) is 2. The van der Waals surface area contributed by atoms with Gasteiger partial charge >= 0.3 is 0 Å². The summed E-state index contributed by atoms with van der Waals surface area (Å²) >= 11 is 0. The second-order valence-electron chi connectivity index (χ2n) is 3.67. The van der Waals surface area contributed by atoms with Crippen molar-refractivity contribution in [1.29, 1.82) is 0 Å². The predicted molar refractivity (Wildman–Crippen MR) is 71.0 cm³/mol. The Bertz CT molecular complexity index is 569. The van der Waals surface area contributed by atoms with Gasteiger partial charge in [0.05, 0.1) is 10.6 Å². The van der Waals surface area contributed by atoms with E-state index in [1.165, 1.54) is 10.4 Å². The minimum atomic E-state index is -3.72. The molecule has 0 aliphatic carbocycles. The van der Waals surface area contributed by atoms with E-state index in [2.05, 4.69) is 5.43 Å². The van der Waals surface area contributed by atoms with Crippen molar-refractivity contribution < 1.29 is 13.3 Å². The summed E-state index contributed by atoms with van der Waals surface area (Å²) in [5.74, 6) is 5.24. The normalized spacial score (nSPS) is 11.6. The molecule has 0 fully saturated rings. The Morgan fingerprint density at radius 2 is 1.95 bits per heavy atom. The maximum Gasteiger partial charge on any atom is 0.271 e. The number of non-ortho nitro benzene ring substituents is 1. The molecule has 0 atom stereocenters. The maximum absolute atomic E-state index is 12.3. The number of hydrogen-bond acceptors (Lipinski definition) is 6. The number of hydrazine groups is 1. The molecule has 3 N–H and O–H groups in total. The smallest absolute Gasteiger partial charge is 0.271 e. The molecule has 0 bridgehead atoms. The third kappa shape index (κ3) is 3.00. The van der Waals surface area contributed by atoms with Gasteiger partial charge in [-0.3, -0.25) is 16.0 Å². The van der Waals surface area contributed by atoms with Gasteiger partial charge in [0.15, 0.2) is 0 Å². The molecule has 0 radical (unpaired) electrons. The monoisotopic (exact) mass is 288 g/mol. The van der Waals surface area contributed by atoms with Crippen molar-refractivity contribution >= 4 is 21.4 Å². The molecule has 0 aliphatic heterocycles. The molecular weight excluding hydrogens is 272 g/mol. The van der Waals surface area contributed by atoms with Gasteiger partial charge in [0.2, 0.25) is 10.0 Å². The van der Waals surface area contributed by atoms with Crippen LogP contribution in [0.2, 0.25) is 0 Å². The highest BCUT2D eigenvalue weighted by Crippen LogP contribution is 2.28. The fourth-order valence-electron chi connectivity index (χ4n) is 1.67. The highest BCUT2D eigenvalue weighted by atomic mass is 32.2. The number of anilines is 1. The van der Waals surface area contributed by atoms with Gasteiger partial charge in [0.25, 0.3) is 5.69 Å². The van der Waals surface area contributed by atoms with Crippen molar-refractivity contribution in [1.82, 2.24) is 4.31 Å². The van der Waals surface area contributed by atoms with Crippen LogP contribution in [-0.4, -0.2) is 30.7 Å².